The Kier molecular flexibility index (Phi) is 3.97. The van der Waals surface area contributed by atoms with Crippen molar-refractivity contribution in [2.24, 2.45) is 0 Å². The van der Waals surface area contributed by atoms with Crippen molar-refractivity contribution in [3.05, 3.63) is 35.5 Å². The van der Waals surface area contributed by atoms with Crippen LogP contribution in [0.4, 0.5) is 0 Å². The number of aromatic amines is 1. The average Bonchev–Trinajstić information content (AvgIpc) is 2.91. The van der Waals surface area contributed by atoms with E-state index in [1.165, 1.54) is 43.9 Å². The highest BCUT2D eigenvalue weighted by molar-refractivity contribution is 5.95. The van der Waals surface area contributed by atoms with Crippen molar-refractivity contribution >= 4 is 16.9 Å². The zero-order chi connectivity index (χ0) is 14.8. The number of rotatable bonds is 3. The topological polar surface area (TPSA) is 45.3 Å². The van der Waals surface area contributed by atoms with Gasteiger partial charge in [0.15, 0.2) is 0 Å². The number of fused-ring (bicyclic) bond motifs is 1. The third kappa shape index (κ3) is 2.81. The molecule has 1 aliphatic heterocycles. The van der Waals surface area contributed by atoms with Crippen molar-refractivity contribution in [2.75, 3.05) is 13.7 Å². The number of ether oxygens (including phenoxy) is 1. The van der Waals surface area contributed by atoms with Crippen LogP contribution in [0.2, 0.25) is 0 Å². The van der Waals surface area contributed by atoms with Crippen molar-refractivity contribution in [1.29, 1.82) is 0 Å². The zero-order valence-corrected chi connectivity index (χ0v) is 12.7. The van der Waals surface area contributed by atoms with E-state index in [0.29, 0.717) is 11.6 Å². The largest absolute Gasteiger partial charge is 0.465 e. The number of hydrogen-bond donors (Lipinski definition) is 1. The third-order valence-electron chi connectivity index (χ3n) is 4.50. The highest BCUT2D eigenvalue weighted by atomic mass is 16.5. The minimum Gasteiger partial charge on any atom is -0.465 e. The normalized spacial score (nSPS) is 19.8. The Morgan fingerprint density at radius 1 is 1.43 bits per heavy atom. The van der Waals surface area contributed by atoms with Gasteiger partial charge >= 0.3 is 5.97 Å². The maximum atomic E-state index is 11.6. The van der Waals surface area contributed by atoms with Gasteiger partial charge in [0.2, 0.25) is 0 Å². The predicted molar refractivity (Wildman–Crippen MR) is 83.4 cm³/mol. The first kappa shape index (κ1) is 14.1. The second kappa shape index (κ2) is 5.90. The summed E-state index contributed by atoms with van der Waals surface area (Å²) in [6, 6.07) is 6.37. The van der Waals surface area contributed by atoms with E-state index < -0.39 is 0 Å². The van der Waals surface area contributed by atoms with Gasteiger partial charge in [-0.1, -0.05) is 12.5 Å². The summed E-state index contributed by atoms with van der Waals surface area (Å²) in [5.41, 5.74) is 2.89. The van der Waals surface area contributed by atoms with E-state index in [2.05, 4.69) is 23.0 Å². The fourth-order valence-corrected chi connectivity index (χ4v) is 3.17. The number of nitrogens with one attached hydrogen (secondary N) is 1. The van der Waals surface area contributed by atoms with Crippen LogP contribution in [-0.2, 0) is 11.3 Å². The molecule has 1 atom stereocenters. The molecule has 3 rings (SSSR count). The summed E-state index contributed by atoms with van der Waals surface area (Å²) in [6.45, 7) is 4.45. The number of aromatic nitrogens is 1. The monoisotopic (exact) mass is 286 g/mol. The van der Waals surface area contributed by atoms with E-state index >= 15 is 0 Å². The average molecular weight is 286 g/mol. The highest BCUT2D eigenvalue weighted by Gasteiger charge is 2.19. The molecule has 21 heavy (non-hydrogen) atoms. The lowest BCUT2D eigenvalue weighted by molar-refractivity contribution is 0.0601. The Bertz CT molecular complexity index is 647. The van der Waals surface area contributed by atoms with Gasteiger partial charge in [0, 0.05) is 29.7 Å². The Balaban J connectivity index is 1.85. The fraction of sp³-hybridized carbons (Fsp3) is 0.471. The molecule has 112 valence electrons. The molecule has 4 heteroatoms. The zero-order valence-electron chi connectivity index (χ0n) is 12.7. The third-order valence-corrected chi connectivity index (χ3v) is 4.50. The van der Waals surface area contributed by atoms with Crippen LogP contribution in [0, 0.1) is 0 Å². The SMILES string of the molecule is COC(=O)c1ccc2c(CN3CCCCC3C)c[nH]c2c1. The minimum absolute atomic E-state index is 0.294. The standard InChI is InChI=1S/C17H22N2O2/c1-12-5-3-4-8-19(12)11-14-10-18-16-9-13(17(20)21-2)6-7-15(14)16/h6-7,9-10,12,18H,3-5,8,11H2,1-2H3. The smallest absolute Gasteiger partial charge is 0.337 e. The summed E-state index contributed by atoms with van der Waals surface area (Å²) in [7, 11) is 1.41. The van der Waals surface area contributed by atoms with Gasteiger partial charge in [0.1, 0.15) is 0 Å². The number of esters is 1. The molecular weight excluding hydrogens is 264 g/mol. The Hall–Kier alpha value is -1.81. The summed E-state index contributed by atoms with van der Waals surface area (Å²) < 4.78 is 4.77. The van der Waals surface area contributed by atoms with Gasteiger partial charge in [-0.25, -0.2) is 4.79 Å². The number of hydrogen-bond acceptors (Lipinski definition) is 3. The number of H-pyrrole nitrogens is 1. The maximum absolute atomic E-state index is 11.6. The maximum Gasteiger partial charge on any atom is 0.337 e. The van der Waals surface area contributed by atoms with Crippen molar-refractivity contribution < 1.29 is 9.53 Å². The first-order valence-corrected chi connectivity index (χ1v) is 7.61. The molecule has 4 nitrogen and oxygen atoms in total. The summed E-state index contributed by atoms with van der Waals surface area (Å²) in [4.78, 5) is 17.4. The first-order chi connectivity index (χ1) is 10.2. The van der Waals surface area contributed by atoms with Gasteiger partial charge in [-0.15, -0.1) is 0 Å². The van der Waals surface area contributed by atoms with E-state index in [1.54, 1.807) is 0 Å². The van der Waals surface area contributed by atoms with E-state index in [9.17, 15) is 4.79 Å². The van der Waals surface area contributed by atoms with Gasteiger partial charge in [-0.05, 0) is 44.0 Å². The summed E-state index contributed by atoms with van der Waals surface area (Å²) >= 11 is 0. The van der Waals surface area contributed by atoms with E-state index in [1.807, 2.05) is 18.2 Å². The van der Waals surface area contributed by atoms with Crippen molar-refractivity contribution in [3.63, 3.8) is 0 Å². The molecule has 0 spiro atoms. The van der Waals surface area contributed by atoms with Gasteiger partial charge in [0.25, 0.3) is 0 Å². The number of nitrogens with zero attached hydrogens (tertiary/aromatic N) is 1. The first-order valence-electron chi connectivity index (χ1n) is 7.61. The quantitative estimate of drug-likeness (QED) is 0.880. The minimum atomic E-state index is -0.294. The lowest BCUT2D eigenvalue weighted by atomic mass is 10.0. The van der Waals surface area contributed by atoms with E-state index in [4.69, 9.17) is 4.74 Å². The summed E-state index contributed by atoms with van der Waals surface area (Å²) in [5.74, 6) is -0.294. The number of methoxy groups -OCH3 is 1. The van der Waals surface area contributed by atoms with Crippen molar-refractivity contribution in [2.45, 2.75) is 38.8 Å². The lowest BCUT2D eigenvalue weighted by Crippen LogP contribution is -2.36. The van der Waals surface area contributed by atoms with Crippen molar-refractivity contribution in [3.8, 4) is 0 Å². The molecule has 1 saturated heterocycles. The number of likely N-dealkylation sites (tertiary alicyclic amines) is 1. The molecule has 1 aromatic heterocycles. The van der Waals surface area contributed by atoms with Gasteiger partial charge in [-0.2, -0.15) is 0 Å². The molecule has 0 radical (unpaired) electrons. The molecule has 2 heterocycles. The Labute approximate surface area is 125 Å². The van der Waals surface area contributed by atoms with Crippen LogP contribution in [0.25, 0.3) is 10.9 Å². The number of carbonyl (C=O) groups excluding carboxylic acids is 1. The summed E-state index contributed by atoms with van der Waals surface area (Å²) in [5, 5.41) is 1.19. The van der Waals surface area contributed by atoms with E-state index in [0.717, 1.165) is 12.1 Å². The van der Waals surface area contributed by atoms with Gasteiger partial charge in [0.05, 0.1) is 12.7 Å². The van der Waals surface area contributed by atoms with Crippen molar-refractivity contribution in [1.82, 2.24) is 9.88 Å². The molecule has 0 aliphatic carbocycles. The molecule has 2 aromatic rings. The van der Waals surface area contributed by atoms with Crippen LogP contribution in [0.15, 0.2) is 24.4 Å². The number of piperidine rings is 1. The lowest BCUT2D eigenvalue weighted by Gasteiger charge is -2.33. The molecule has 1 fully saturated rings. The molecule has 1 N–H and O–H groups in total. The van der Waals surface area contributed by atoms with Gasteiger partial charge in [-0.3, -0.25) is 4.90 Å². The molecule has 0 saturated carbocycles. The predicted octanol–water partition coefficient (Wildman–Crippen LogP) is 3.33. The second-order valence-electron chi connectivity index (χ2n) is 5.88. The van der Waals surface area contributed by atoms with Crippen LogP contribution < -0.4 is 0 Å². The number of carbonyl (C=O) groups is 1. The van der Waals surface area contributed by atoms with Crippen LogP contribution in [0.1, 0.15) is 42.1 Å². The molecule has 0 bridgehead atoms. The van der Waals surface area contributed by atoms with E-state index in [-0.39, 0.29) is 5.97 Å². The van der Waals surface area contributed by atoms with Crippen LogP contribution >= 0.6 is 0 Å². The second-order valence-corrected chi connectivity index (χ2v) is 5.88. The van der Waals surface area contributed by atoms with Crippen LogP contribution in [-0.4, -0.2) is 35.5 Å². The summed E-state index contributed by atoms with van der Waals surface area (Å²) in [6.07, 6.45) is 5.98. The van der Waals surface area contributed by atoms with Gasteiger partial charge < -0.3 is 9.72 Å². The fourth-order valence-electron chi connectivity index (χ4n) is 3.17. The Morgan fingerprint density at radius 3 is 3.05 bits per heavy atom. The number of benzene rings is 1. The Morgan fingerprint density at radius 2 is 2.29 bits per heavy atom. The molecular formula is C17H22N2O2. The highest BCUT2D eigenvalue weighted by Crippen LogP contribution is 2.24. The van der Waals surface area contributed by atoms with Crippen LogP contribution in [0.5, 0.6) is 0 Å². The van der Waals surface area contributed by atoms with Crippen LogP contribution in [0.3, 0.4) is 0 Å². The molecule has 1 aromatic carbocycles. The molecule has 1 aliphatic rings. The molecule has 1 unspecified atom stereocenters. The molecule has 0 amide bonds.